The van der Waals surface area contributed by atoms with E-state index in [0.717, 1.165) is 27.7 Å². The molecule has 0 aromatic rings. The van der Waals surface area contributed by atoms with E-state index in [1.807, 2.05) is 0 Å². The Balaban J connectivity index is 2.96. The first-order valence-corrected chi connectivity index (χ1v) is 15.0. The van der Waals surface area contributed by atoms with Crippen molar-refractivity contribution >= 4 is 41.8 Å². The van der Waals surface area contributed by atoms with Crippen LogP contribution < -0.4 is 10.6 Å². The van der Waals surface area contributed by atoms with E-state index >= 15 is 0 Å². The normalized spacial score (nSPS) is 21.7. The fourth-order valence-corrected chi connectivity index (χ4v) is 4.12. The quantitative estimate of drug-likeness (QED) is 0.150. The Bertz CT molecular complexity index is 1130. The van der Waals surface area contributed by atoms with Crippen molar-refractivity contribution in [3.63, 3.8) is 0 Å². The summed E-state index contributed by atoms with van der Waals surface area (Å²) in [5, 5.41) is 5.03. The first-order valence-electron chi connectivity index (χ1n) is 15.0. The second-order valence-corrected chi connectivity index (χ2v) is 12.6. The van der Waals surface area contributed by atoms with E-state index in [0.29, 0.717) is 0 Å². The van der Waals surface area contributed by atoms with Gasteiger partial charge in [-0.2, -0.15) is 0 Å². The van der Waals surface area contributed by atoms with Crippen LogP contribution >= 0.6 is 0 Å². The molecule has 1 aliphatic rings. The summed E-state index contributed by atoms with van der Waals surface area (Å²) < 4.78 is 43.2. The molecule has 0 saturated carbocycles. The van der Waals surface area contributed by atoms with Crippen molar-refractivity contribution in [3.05, 3.63) is 0 Å². The summed E-state index contributed by atoms with van der Waals surface area (Å²) in [4.78, 5) is 84.9. The van der Waals surface area contributed by atoms with Crippen molar-refractivity contribution in [2.75, 3.05) is 19.8 Å². The van der Waals surface area contributed by atoms with Crippen molar-refractivity contribution in [1.82, 2.24) is 10.6 Å². The second kappa shape index (κ2) is 18.4. The van der Waals surface area contributed by atoms with E-state index in [-0.39, 0.29) is 26.0 Å². The van der Waals surface area contributed by atoms with Crippen LogP contribution in [0.15, 0.2) is 0 Å². The van der Waals surface area contributed by atoms with Crippen molar-refractivity contribution in [2.45, 2.75) is 130 Å². The van der Waals surface area contributed by atoms with Gasteiger partial charge in [-0.1, -0.05) is 0 Å². The van der Waals surface area contributed by atoms with Gasteiger partial charge < -0.3 is 48.5 Å². The SMILES string of the molecule is CC(=O)OC[C@H]1O[C@@H](OCCNC(=O)CC[C@H](NC(=O)OC(C)(C)C)C(=O)OC(C)(C)C)[C@H](OC(C)=O)[C@@H](OC(C)=O)[C@H]1OC(C)=O. The van der Waals surface area contributed by atoms with Crippen LogP contribution in [0.2, 0.25) is 0 Å². The number of amides is 2. The molecule has 1 fully saturated rings. The Kier molecular flexibility index (Phi) is 16.0. The van der Waals surface area contributed by atoms with Gasteiger partial charge in [0.25, 0.3) is 0 Å². The van der Waals surface area contributed by atoms with Crippen molar-refractivity contribution in [2.24, 2.45) is 0 Å². The number of alkyl carbamates (subject to hydrolysis) is 1. The molecular weight excluding hydrogens is 628 g/mol. The Morgan fingerprint density at radius 1 is 0.723 bits per heavy atom. The van der Waals surface area contributed by atoms with Gasteiger partial charge in [-0.05, 0) is 48.0 Å². The zero-order chi connectivity index (χ0) is 36.1. The maximum absolute atomic E-state index is 12.7. The summed E-state index contributed by atoms with van der Waals surface area (Å²) in [6.45, 7) is 13.7. The first-order chi connectivity index (χ1) is 21.6. The van der Waals surface area contributed by atoms with E-state index in [1.54, 1.807) is 41.5 Å². The summed E-state index contributed by atoms with van der Waals surface area (Å²) in [6, 6.07) is -1.18. The van der Waals surface area contributed by atoms with Crippen LogP contribution in [0.5, 0.6) is 0 Å². The molecule has 0 bridgehead atoms. The van der Waals surface area contributed by atoms with E-state index < -0.39 is 96.4 Å². The molecule has 1 rings (SSSR count). The average Bonchev–Trinajstić information content (AvgIpc) is 2.88. The third kappa shape index (κ3) is 16.9. The van der Waals surface area contributed by atoms with Crippen LogP contribution in [0, 0.1) is 0 Å². The van der Waals surface area contributed by atoms with Crippen molar-refractivity contribution in [1.29, 1.82) is 0 Å². The predicted molar refractivity (Wildman–Crippen MR) is 159 cm³/mol. The number of carbonyl (C=O) groups is 7. The maximum Gasteiger partial charge on any atom is 0.408 e. The van der Waals surface area contributed by atoms with Crippen molar-refractivity contribution < 1.29 is 71.5 Å². The lowest BCUT2D eigenvalue weighted by Gasteiger charge is -2.44. The Labute approximate surface area is 273 Å². The van der Waals surface area contributed by atoms with Gasteiger partial charge >= 0.3 is 35.9 Å². The highest BCUT2D eigenvalue weighted by atomic mass is 16.7. The van der Waals surface area contributed by atoms with Gasteiger partial charge in [0.05, 0.1) is 6.61 Å². The Morgan fingerprint density at radius 3 is 1.77 bits per heavy atom. The van der Waals surface area contributed by atoms with Gasteiger partial charge in [-0.3, -0.25) is 24.0 Å². The van der Waals surface area contributed by atoms with E-state index in [2.05, 4.69) is 10.6 Å². The van der Waals surface area contributed by atoms with Gasteiger partial charge in [0.2, 0.25) is 5.91 Å². The molecule has 0 unspecified atom stereocenters. The molecule has 268 valence electrons. The lowest BCUT2D eigenvalue weighted by molar-refractivity contribution is -0.307. The standard InChI is InChI=1S/C30H48N2O15/c1-16(33)41-15-21-23(42-17(2)34)24(43-18(3)35)25(44-19(4)36)27(45-21)40-14-13-31-22(37)12-11-20(26(38)46-29(5,6)7)32-28(39)47-30(8,9)10/h20-21,23-25,27H,11-15H2,1-10H3,(H,31,37)(H,32,39)/t20-,21+,23-,24-,25+,27+/m0/s1. The molecule has 2 amide bonds. The number of nitrogens with one attached hydrogen (secondary N) is 2. The fraction of sp³-hybridized carbons (Fsp3) is 0.767. The molecule has 6 atom stereocenters. The minimum Gasteiger partial charge on any atom is -0.463 e. The van der Waals surface area contributed by atoms with Crippen LogP contribution in [0.4, 0.5) is 4.79 Å². The monoisotopic (exact) mass is 676 g/mol. The van der Waals surface area contributed by atoms with Gasteiger partial charge in [0, 0.05) is 40.7 Å². The fourth-order valence-electron chi connectivity index (χ4n) is 4.12. The zero-order valence-corrected chi connectivity index (χ0v) is 28.6. The van der Waals surface area contributed by atoms with E-state index in [1.165, 1.54) is 0 Å². The molecule has 2 N–H and O–H groups in total. The molecule has 17 nitrogen and oxygen atoms in total. The highest BCUT2D eigenvalue weighted by molar-refractivity contribution is 5.83. The van der Waals surface area contributed by atoms with Crippen LogP contribution in [0.3, 0.4) is 0 Å². The van der Waals surface area contributed by atoms with E-state index in [9.17, 15) is 33.6 Å². The molecule has 17 heteroatoms. The molecule has 0 radical (unpaired) electrons. The molecule has 0 aromatic heterocycles. The summed E-state index contributed by atoms with van der Waals surface area (Å²) in [6.07, 6.45) is -7.93. The number of ether oxygens (including phenoxy) is 8. The maximum atomic E-state index is 12.7. The number of carbonyl (C=O) groups excluding carboxylic acids is 7. The second-order valence-electron chi connectivity index (χ2n) is 12.6. The number of hydrogen-bond donors (Lipinski definition) is 2. The zero-order valence-electron chi connectivity index (χ0n) is 28.6. The number of hydrogen-bond acceptors (Lipinski definition) is 15. The molecule has 0 aromatic carbocycles. The highest BCUT2D eigenvalue weighted by Gasteiger charge is 2.52. The van der Waals surface area contributed by atoms with Crippen LogP contribution in [0.25, 0.3) is 0 Å². The van der Waals surface area contributed by atoms with Gasteiger partial charge in [-0.15, -0.1) is 0 Å². The van der Waals surface area contributed by atoms with Crippen LogP contribution in [-0.4, -0.2) is 110 Å². The Hall–Kier alpha value is -3.99. The van der Waals surface area contributed by atoms with Crippen LogP contribution in [-0.2, 0) is 66.7 Å². The summed E-state index contributed by atoms with van der Waals surface area (Å²) in [7, 11) is 0. The molecule has 1 aliphatic heterocycles. The molecular formula is C30H48N2O15. The summed E-state index contributed by atoms with van der Waals surface area (Å²) in [5.74, 6) is -4.29. The molecule has 1 heterocycles. The lowest BCUT2D eigenvalue weighted by Crippen LogP contribution is -2.63. The highest BCUT2D eigenvalue weighted by Crippen LogP contribution is 2.30. The van der Waals surface area contributed by atoms with Crippen molar-refractivity contribution in [3.8, 4) is 0 Å². The third-order valence-electron chi connectivity index (χ3n) is 5.70. The molecule has 0 aliphatic carbocycles. The first kappa shape index (κ1) is 41.0. The summed E-state index contributed by atoms with van der Waals surface area (Å²) >= 11 is 0. The minimum atomic E-state index is -1.42. The third-order valence-corrected chi connectivity index (χ3v) is 5.70. The van der Waals surface area contributed by atoms with Gasteiger partial charge in [0.15, 0.2) is 24.6 Å². The Morgan fingerprint density at radius 2 is 1.26 bits per heavy atom. The topological polar surface area (TPSA) is 217 Å². The smallest absolute Gasteiger partial charge is 0.408 e. The number of rotatable bonds is 14. The van der Waals surface area contributed by atoms with Gasteiger partial charge in [0.1, 0.15) is 30.0 Å². The molecule has 0 spiro atoms. The minimum absolute atomic E-state index is 0.0949. The van der Waals surface area contributed by atoms with E-state index in [4.69, 9.17) is 37.9 Å². The molecule has 1 saturated heterocycles. The lowest BCUT2D eigenvalue weighted by atomic mass is 9.98. The van der Waals surface area contributed by atoms with Gasteiger partial charge in [-0.25, -0.2) is 9.59 Å². The average molecular weight is 677 g/mol. The molecule has 47 heavy (non-hydrogen) atoms. The number of esters is 5. The predicted octanol–water partition coefficient (Wildman–Crippen LogP) is 1.22. The largest absolute Gasteiger partial charge is 0.463 e. The van der Waals surface area contributed by atoms with Crippen LogP contribution in [0.1, 0.15) is 82.1 Å². The summed E-state index contributed by atoms with van der Waals surface area (Å²) in [5.41, 5.74) is -1.67.